The number of nitrogens with one attached hydrogen (secondary N) is 2. The van der Waals surface area contributed by atoms with Crippen LogP contribution in [0.3, 0.4) is 0 Å². The van der Waals surface area contributed by atoms with Crippen LogP contribution in [0.2, 0.25) is 0 Å². The third-order valence-corrected chi connectivity index (χ3v) is 5.44. The number of carbonyl (C=O) groups excluding carboxylic acids is 1. The van der Waals surface area contributed by atoms with Gasteiger partial charge in [-0.15, -0.1) is 0 Å². The molecule has 2 aliphatic heterocycles. The number of benzene rings is 2. The highest BCUT2D eigenvalue weighted by Gasteiger charge is 2.30. The van der Waals surface area contributed by atoms with E-state index in [1.54, 1.807) is 6.07 Å². The normalized spacial score (nSPS) is 17.8. The smallest absolute Gasteiger partial charge is 0.282 e. The molecule has 1 fully saturated rings. The van der Waals surface area contributed by atoms with E-state index in [4.69, 9.17) is 9.47 Å². The maximum absolute atomic E-state index is 12.7. The molecule has 0 unspecified atom stereocenters. The minimum Gasteiger partial charge on any atom is -0.506 e. The standard InChI is InChI=1S/C21H25N3O4/c1-15(21(26)22-16-6-7-19-20(14-16)28-13-12-27-19)23-8-10-24(11-9-23)17-4-2-3-5-18(17)25/h2-7,14-15,25H,8-13H2,1H3,(H,22,26)/p+1/t15-/m0/s1. The Bertz CT molecular complexity index is 849. The second-order valence-electron chi connectivity index (χ2n) is 7.20. The Morgan fingerprint density at radius 2 is 1.82 bits per heavy atom. The van der Waals surface area contributed by atoms with Crippen LogP contribution in [0, 0.1) is 0 Å². The van der Waals surface area contributed by atoms with Gasteiger partial charge in [-0.25, -0.2) is 0 Å². The molecule has 0 aliphatic carbocycles. The zero-order valence-corrected chi connectivity index (χ0v) is 16.0. The van der Waals surface area contributed by atoms with Gasteiger partial charge in [0.15, 0.2) is 17.5 Å². The van der Waals surface area contributed by atoms with Crippen LogP contribution in [0.25, 0.3) is 0 Å². The van der Waals surface area contributed by atoms with E-state index in [1.165, 1.54) is 4.90 Å². The van der Waals surface area contributed by atoms with Crippen molar-refractivity contribution in [3.05, 3.63) is 42.5 Å². The van der Waals surface area contributed by atoms with Gasteiger partial charge in [-0.1, -0.05) is 12.1 Å². The van der Waals surface area contributed by atoms with Crippen molar-refractivity contribution in [3.8, 4) is 17.2 Å². The molecule has 1 amide bonds. The lowest BCUT2D eigenvalue weighted by Crippen LogP contribution is -3.19. The lowest BCUT2D eigenvalue weighted by molar-refractivity contribution is -0.914. The summed E-state index contributed by atoms with van der Waals surface area (Å²) in [5, 5.41) is 13.0. The van der Waals surface area contributed by atoms with Gasteiger partial charge in [0.1, 0.15) is 19.0 Å². The highest BCUT2D eigenvalue weighted by Crippen LogP contribution is 2.32. The molecule has 0 bridgehead atoms. The van der Waals surface area contributed by atoms with Gasteiger partial charge in [-0.05, 0) is 31.2 Å². The molecule has 28 heavy (non-hydrogen) atoms. The summed E-state index contributed by atoms with van der Waals surface area (Å²) in [6.07, 6.45) is 0. The Morgan fingerprint density at radius 1 is 1.11 bits per heavy atom. The highest BCUT2D eigenvalue weighted by molar-refractivity contribution is 5.94. The van der Waals surface area contributed by atoms with Crippen molar-refractivity contribution >= 4 is 17.3 Å². The number of amides is 1. The number of quaternary nitrogens is 1. The number of hydrogen-bond donors (Lipinski definition) is 3. The van der Waals surface area contributed by atoms with Gasteiger partial charge < -0.3 is 29.7 Å². The third-order valence-electron chi connectivity index (χ3n) is 5.44. The molecule has 7 nitrogen and oxygen atoms in total. The summed E-state index contributed by atoms with van der Waals surface area (Å²) in [5.74, 6) is 1.67. The SMILES string of the molecule is C[C@@H](C(=O)Nc1ccc2c(c1)OCCO2)[NH+]1CCN(c2ccccc2O)CC1. The van der Waals surface area contributed by atoms with E-state index in [1.807, 2.05) is 43.3 Å². The fourth-order valence-electron chi connectivity index (χ4n) is 3.76. The van der Waals surface area contributed by atoms with Crippen molar-refractivity contribution in [2.75, 3.05) is 49.6 Å². The second kappa shape index (κ2) is 7.98. The molecule has 3 N–H and O–H groups in total. The first-order chi connectivity index (χ1) is 13.6. The third kappa shape index (κ3) is 3.84. The van der Waals surface area contributed by atoms with E-state index in [-0.39, 0.29) is 11.9 Å². The molecule has 2 aromatic rings. The first kappa shape index (κ1) is 18.4. The summed E-state index contributed by atoms with van der Waals surface area (Å²) in [7, 11) is 0. The van der Waals surface area contributed by atoms with Gasteiger partial charge in [0.2, 0.25) is 0 Å². The Morgan fingerprint density at radius 3 is 2.57 bits per heavy atom. The van der Waals surface area contributed by atoms with E-state index in [0.29, 0.717) is 36.1 Å². The van der Waals surface area contributed by atoms with Crippen LogP contribution in [0.15, 0.2) is 42.5 Å². The van der Waals surface area contributed by atoms with Gasteiger partial charge in [-0.2, -0.15) is 0 Å². The number of hydrogen-bond acceptors (Lipinski definition) is 5. The largest absolute Gasteiger partial charge is 0.506 e. The van der Waals surface area contributed by atoms with Crippen molar-refractivity contribution in [1.29, 1.82) is 0 Å². The average molecular weight is 384 g/mol. The fourth-order valence-corrected chi connectivity index (χ4v) is 3.76. The molecule has 0 saturated carbocycles. The predicted octanol–water partition coefficient (Wildman–Crippen LogP) is 0.896. The van der Waals surface area contributed by atoms with E-state index in [2.05, 4.69) is 10.2 Å². The minimum absolute atomic E-state index is 0.0114. The lowest BCUT2D eigenvalue weighted by Gasteiger charge is -2.36. The molecule has 2 aromatic carbocycles. The highest BCUT2D eigenvalue weighted by atomic mass is 16.6. The first-order valence-corrected chi connectivity index (χ1v) is 9.70. The van der Waals surface area contributed by atoms with Crippen molar-refractivity contribution in [3.63, 3.8) is 0 Å². The number of aromatic hydroxyl groups is 1. The molecule has 2 heterocycles. The molecule has 4 rings (SSSR count). The number of fused-ring (bicyclic) bond motifs is 1. The number of phenols is 1. The number of rotatable bonds is 4. The number of nitrogens with zero attached hydrogens (tertiary/aromatic N) is 1. The molecule has 0 aromatic heterocycles. The van der Waals surface area contributed by atoms with Crippen LogP contribution in [0.1, 0.15) is 6.92 Å². The molecular formula is C21H26N3O4+. The van der Waals surface area contributed by atoms with Crippen LogP contribution in [-0.4, -0.2) is 56.4 Å². The average Bonchev–Trinajstić information content (AvgIpc) is 2.73. The number of para-hydroxylation sites is 2. The molecule has 2 aliphatic rings. The number of phenolic OH excluding ortho intramolecular Hbond substituents is 1. The van der Waals surface area contributed by atoms with Gasteiger partial charge in [0, 0.05) is 11.8 Å². The van der Waals surface area contributed by atoms with E-state index in [9.17, 15) is 9.90 Å². The summed E-state index contributed by atoms with van der Waals surface area (Å²) >= 11 is 0. The quantitative estimate of drug-likeness (QED) is 0.730. The lowest BCUT2D eigenvalue weighted by atomic mass is 10.2. The van der Waals surface area contributed by atoms with E-state index in [0.717, 1.165) is 31.9 Å². The van der Waals surface area contributed by atoms with Crippen molar-refractivity contribution in [2.45, 2.75) is 13.0 Å². The van der Waals surface area contributed by atoms with Crippen molar-refractivity contribution in [1.82, 2.24) is 0 Å². The fraction of sp³-hybridized carbons (Fsp3) is 0.381. The van der Waals surface area contributed by atoms with Gasteiger partial charge in [-0.3, -0.25) is 4.79 Å². The van der Waals surface area contributed by atoms with Crippen molar-refractivity contribution < 1.29 is 24.3 Å². The number of ether oxygens (including phenoxy) is 2. The zero-order valence-electron chi connectivity index (χ0n) is 16.0. The molecule has 1 saturated heterocycles. The van der Waals surface area contributed by atoms with Crippen molar-refractivity contribution in [2.24, 2.45) is 0 Å². The van der Waals surface area contributed by atoms with E-state index < -0.39 is 0 Å². The summed E-state index contributed by atoms with van der Waals surface area (Å²) in [5.41, 5.74) is 1.57. The molecule has 0 radical (unpaired) electrons. The molecule has 0 spiro atoms. The van der Waals surface area contributed by atoms with Crippen LogP contribution in [-0.2, 0) is 4.79 Å². The predicted molar refractivity (Wildman–Crippen MR) is 107 cm³/mol. The molecule has 1 atom stereocenters. The first-order valence-electron chi connectivity index (χ1n) is 9.70. The maximum atomic E-state index is 12.7. The summed E-state index contributed by atoms with van der Waals surface area (Å²) in [6, 6.07) is 12.7. The number of anilines is 2. The summed E-state index contributed by atoms with van der Waals surface area (Å²) < 4.78 is 11.1. The van der Waals surface area contributed by atoms with Crippen LogP contribution < -0.4 is 24.6 Å². The van der Waals surface area contributed by atoms with Gasteiger partial charge >= 0.3 is 0 Å². The Balaban J connectivity index is 1.34. The van der Waals surface area contributed by atoms with E-state index >= 15 is 0 Å². The van der Waals surface area contributed by atoms with Gasteiger partial charge in [0.05, 0.1) is 31.9 Å². The Labute approximate surface area is 164 Å². The van der Waals surface area contributed by atoms with Gasteiger partial charge in [0.25, 0.3) is 5.91 Å². The summed E-state index contributed by atoms with van der Waals surface area (Å²) in [4.78, 5) is 16.1. The monoisotopic (exact) mass is 384 g/mol. The van der Waals surface area contributed by atoms with Crippen LogP contribution in [0.4, 0.5) is 11.4 Å². The second-order valence-corrected chi connectivity index (χ2v) is 7.20. The molecule has 7 heteroatoms. The topological polar surface area (TPSA) is 75.5 Å². The molecule has 148 valence electrons. The van der Waals surface area contributed by atoms with Crippen LogP contribution >= 0.6 is 0 Å². The molecular weight excluding hydrogens is 358 g/mol. The number of piperazine rings is 1. The van der Waals surface area contributed by atoms with Crippen LogP contribution in [0.5, 0.6) is 17.2 Å². The maximum Gasteiger partial charge on any atom is 0.282 e. The number of carbonyl (C=O) groups is 1. The minimum atomic E-state index is -0.167. The zero-order chi connectivity index (χ0) is 19.5. The Hall–Kier alpha value is -2.93. The Kier molecular flexibility index (Phi) is 5.25. The summed E-state index contributed by atoms with van der Waals surface area (Å²) in [6.45, 7) is 6.30.